The Balaban J connectivity index is 1.63. The second-order valence-electron chi connectivity index (χ2n) is 7.49. The fraction of sp³-hybridized carbons (Fsp3) is 0.409. The van der Waals surface area contributed by atoms with Crippen LogP contribution in [0.15, 0.2) is 28.4 Å². The number of nitrogens with zero attached hydrogens (tertiary/aromatic N) is 2. The number of Topliss-reactive ketones (excluding diaryl/α,β-unsaturated/α-hetero) is 1. The number of aryl methyl sites for hydroxylation is 2. The van der Waals surface area contributed by atoms with Crippen molar-refractivity contribution in [1.82, 2.24) is 9.80 Å². The number of likely N-dealkylation sites (N-methyl/N-ethyl adjacent to an activating group) is 1. The predicted molar refractivity (Wildman–Crippen MR) is 107 cm³/mol. The maximum Gasteiger partial charge on any atom is 0.232 e. The third kappa shape index (κ3) is 3.45. The van der Waals surface area contributed by atoms with Crippen LogP contribution in [0.2, 0.25) is 0 Å². The van der Waals surface area contributed by atoms with E-state index in [4.69, 9.17) is 9.15 Å². The number of benzene rings is 1. The van der Waals surface area contributed by atoms with Crippen molar-refractivity contribution in [2.24, 2.45) is 0 Å². The first-order valence-corrected chi connectivity index (χ1v) is 9.77. The lowest BCUT2D eigenvalue weighted by Gasteiger charge is -2.34. The van der Waals surface area contributed by atoms with E-state index in [0.717, 1.165) is 44.0 Å². The van der Waals surface area contributed by atoms with Gasteiger partial charge in [-0.2, -0.15) is 0 Å². The zero-order chi connectivity index (χ0) is 19.8. The first-order valence-electron chi connectivity index (χ1n) is 9.77. The minimum atomic E-state index is -0.168. The molecule has 0 unspecified atom stereocenters. The molecule has 0 spiro atoms. The number of fused-ring (bicyclic) bond motifs is 1. The van der Waals surface area contributed by atoms with Gasteiger partial charge in [-0.25, -0.2) is 0 Å². The van der Waals surface area contributed by atoms with Crippen LogP contribution in [0.25, 0.3) is 6.08 Å². The summed E-state index contributed by atoms with van der Waals surface area (Å²) in [6.07, 6.45) is 1.62. The SMILES string of the molecule is CCN1CCN(Cc2c(O)cc(C)c3c2O/C(=C\c2ccc(C)o2)C3=O)CC1. The Morgan fingerprint density at radius 3 is 2.50 bits per heavy atom. The number of carbonyl (C=O) groups excluding carboxylic acids is 1. The first kappa shape index (κ1) is 18.8. The highest BCUT2D eigenvalue weighted by molar-refractivity contribution is 6.15. The van der Waals surface area contributed by atoms with Crippen LogP contribution in [-0.2, 0) is 6.54 Å². The number of phenolic OH excluding ortho intramolecular Hbond substituents is 1. The fourth-order valence-electron chi connectivity index (χ4n) is 3.88. The minimum Gasteiger partial charge on any atom is -0.507 e. The van der Waals surface area contributed by atoms with Gasteiger partial charge in [-0.15, -0.1) is 0 Å². The Bertz CT molecular complexity index is 936. The number of furan rings is 1. The molecule has 2 aliphatic rings. The Hall–Kier alpha value is -2.57. The molecule has 1 aromatic heterocycles. The number of hydrogen-bond acceptors (Lipinski definition) is 6. The van der Waals surface area contributed by atoms with Gasteiger partial charge < -0.3 is 19.2 Å². The van der Waals surface area contributed by atoms with Crippen molar-refractivity contribution < 1.29 is 19.1 Å². The van der Waals surface area contributed by atoms with Crippen molar-refractivity contribution in [2.75, 3.05) is 32.7 Å². The van der Waals surface area contributed by atoms with E-state index in [2.05, 4.69) is 16.7 Å². The van der Waals surface area contributed by atoms with Crippen LogP contribution in [0, 0.1) is 13.8 Å². The Labute approximate surface area is 165 Å². The van der Waals surface area contributed by atoms with Crippen LogP contribution < -0.4 is 4.74 Å². The summed E-state index contributed by atoms with van der Waals surface area (Å²) in [6, 6.07) is 5.32. The molecule has 6 heteroatoms. The molecule has 148 valence electrons. The predicted octanol–water partition coefficient (Wildman–Crippen LogP) is 3.36. The first-order chi connectivity index (χ1) is 13.5. The van der Waals surface area contributed by atoms with Gasteiger partial charge in [0.15, 0.2) is 5.76 Å². The molecule has 4 rings (SSSR count). The van der Waals surface area contributed by atoms with E-state index < -0.39 is 0 Å². The van der Waals surface area contributed by atoms with Gasteiger partial charge in [0.25, 0.3) is 0 Å². The molecule has 1 fully saturated rings. The molecular weight excluding hydrogens is 356 g/mol. The molecule has 6 nitrogen and oxygen atoms in total. The zero-order valence-electron chi connectivity index (χ0n) is 16.6. The third-order valence-electron chi connectivity index (χ3n) is 5.55. The summed E-state index contributed by atoms with van der Waals surface area (Å²) < 4.78 is 11.5. The van der Waals surface area contributed by atoms with Gasteiger partial charge in [0.2, 0.25) is 5.78 Å². The molecular formula is C22H26N2O4. The van der Waals surface area contributed by atoms with Gasteiger partial charge in [-0.05, 0) is 44.2 Å². The smallest absolute Gasteiger partial charge is 0.232 e. The van der Waals surface area contributed by atoms with Crippen LogP contribution >= 0.6 is 0 Å². The van der Waals surface area contributed by atoms with Crippen molar-refractivity contribution >= 4 is 11.9 Å². The van der Waals surface area contributed by atoms with E-state index in [0.29, 0.717) is 29.2 Å². The van der Waals surface area contributed by atoms with Crippen molar-refractivity contribution in [3.8, 4) is 11.5 Å². The number of ketones is 1. The second-order valence-corrected chi connectivity index (χ2v) is 7.49. The molecule has 1 aromatic carbocycles. The molecule has 0 radical (unpaired) electrons. The van der Waals surface area contributed by atoms with Gasteiger partial charge in [-0.3, -0.25) is 9.69 Å². The molecule has 28 heavy (non-hydrogen) atoms. The molecule has 1 N–H and O–H groups in total. The van der Waals surface area contributed by atoms with Crippen LogP contribution in [0.5, 0.6) is 11.5 Å². The highest BCUT2D eigenvalue weighted by Crippen LogP contribution is 2.42. The zero-order valence-corrected chi connectivity index (χ0v) is 16.6. The fourth-order valence-corrected chi connectivity index (χ4v) is 3.88. The molecule has 0 saturated carbocycles. The number of allylic oxidation sites excluding steroid dienone is 1. The normalized spacial score (nSPS) is 19.2. The van der Waals surface area contributed by atoms with Crippen molar-refractivity contribution in [3.63, 3.8) is 0 Å². The van der Waals surface area contributed by atoms with E-state index in [1.807, 2.05) is 19.9 Å². The lowest BCUT2D eigenvalue weighted by Crippen LogP contribution is -2.45. The summed E-state index contributed by atoms with van der Waals surface area (Å²) >= 11 is 0. The molecule has 1 saturated heterocycles. The van der Waals surface area contributed by atoms with Gasteiger partial charge >= 0.3 is 0 Å². The topological polar surface area (TPSA) is 66.2 Å². The number of phenols is 1. The van der Waals surface area contributed by atoms with E-state index in [1.54, 1.807) is 18.2 Å². The Kier molecular flexibility index (Phi) is 5.00. The number of hydrogen-bond donors (Lipinski definition) is 1. The van der Waals surface area contributed by atoms with Crippen molar-refractivity contribution in [1.29, 1.82) is 0 Å². The Morgan fingerprint density at radius 1 is 1.14 bits per heavy atom. The van der Waals surface area contributed by atoms with Crippen LogP contribution in [-0.4, -0.2) is 53.4 Å². The highest BCUT2D eigenvalue weighted by Gasteiger charge is 2.34. The van der Waals surface area contributed by atoms with E-state index in [9.17, 15) is 9.90 Å². The minimum absolute atomic E-state index is 0.168. The molecule has 2 aromatic rings. The van der Waals surface area contributed by atoms with Crippen molar-refractivity contribution in [2.45, 2.75) is 27.3 Å². The second kappa shape index (κ2) is 7.45. The Morgan fingerprint density at radius 2 is 1.86 bits per heavy atom. The molecule has 3 heterocycles. The van der Waals surface area contributed by atoms with E-state index >= 15 is 0 Å². The third-order valence-corrected chi connectivity index (χ3v) is 5.55. The average Bonchev–Trinajstić information content (AvgIpc) is 3.23. The maximum absolute atomic E-state index is 12.9. The average molecular weight is 382 g/mol. The number of ether oxygens (including phenoxy) is 1. The van der Waals surface area contributed by atoms with E-state index in [-0.39, 0.29) is 17.3 Å². The van der Waals surface area contributed by atoms with Crippen LogP contribution in [0.3, 0.4) is 0 Å². The monoisotopic (exact) mass is 382 g/mol. The molecule has 0 amide bonds. The van der Waals surface area contributed by atoms with Gasteiger partial charge in [0.1, 0.15) is 23.0 Å². The maximum atomic E-state index is 12.9. The molecule has 0 bridgehead atoms. The van der Waals surface area contributed by atoms with Crippen LogP contribution in [0.1, 0.15) is 39.9 Å². The van der Waals surface area contributed by atoms with Gasteiger partial charge in [0.05, 0.1) is 11.1 Å². The standard InChI is InChI=1S/C22H26N2O4/c1-4-23-7-9-24(10-8-23)13-17-18(25)11-14(2)20-21(26)19(28-22(17)20)12-16-6-5-15(3)27-16/h5-6,11-12,25H,4,7-10,13H2,1-3H3/b19-12-. The summed E-state index contributed by atoms with van der Waals surface area (Å²) in [5.41, 5.74) is 1.93. The van der Waals surface area contributed by atoms with Gasteiger partial charge in [0, 0.05) is 38.8 Å². The summed E-state index contributed by atoms with van der Waals surface area (Å²) in [6.45, 7) is 11.3. The number of rotatable bonds is 4. The van der Waals surface area contributed by atoms with Crippen LogP contribution in [0.4, 0.5) is 0 Å². The summed E-state index contributed by atoms with van der Waals surface area (Å²) in [5.74, 6) is 2.07. The number of piperazine rings is 1. The summed E-state index contributed by atoms with van der Waals surface area (Å²) in [4.78, 5) is 17.6. The largest absolute Gasteiger partial charge is 0.507 e. The molecule has 0 aliphatic carbocycles. The lowest BCUT2D eigenvalue weighted by molar-refractivity contribution is 0.101. The van der Waals surface area contributed by atoms with Crippen molar-refractivity contribution in [3.05, 3.63) is 52.2 Å². The highest BCUT2D eigenvalue weighted by atomic mass is 16.5. The quantitative estimate of drug-likeness (QED) is 0.818. The van der Waals surface area contributed by atoms with Gasteiger partial charge in [-0.1, -0.05) is 6.92 Å². The number of aromatic hydroxyl groups is 1. The lowest BCUT2D eigenvalue weighted by atomic mass is 9.99. The number of carbonyl (C=O) groups is 1. The molecule has 0 atom stereocenters. The van der Waals surface area contributed by atoms with E-state index in [1.165, 1.54) is 0 Å². The summed E-state index contributed by atoms with van der Waals surface area (Å²) in [7, 11) is 0. The molecule has 2 aliphatic heterocycles. The summed E-state index contributed by atoms with van der Waals surface area (Å²) in [5, 5.41) is 10.6.